The zero-order chi connectivity index (χ0) is 15.6. The van der Waals surface area contributed by atoms with E-state index in [1.807, 2.05) is 6.92 Å². The summed E-state index contributed by atoms with van der Waals surface area (Å²) in [7, 11) is 1.65. The van der Waals surface area contributed by atoms with Crippen LogP contribution in [0.4, 0.5) is 5.69 Å². The maximum absolute atomic E-state index is 11.5. The van der Waals surface area contributed by atoms with E-state index in [9.17, 15) is 4.79 Å². The van der Waals surface area contributed by atoms with E-state index in [1.165, 1.54) is 11.8 Å². The van der Waals surface area contributed by atoms with Crippen molar-refractivity contribution in [2.75, 3.05) is 11.9 Å². The third kappa shape index (κ3) is 3.49. The fourth-order valence-electron chi connectivity index (χ4n) is 1.77. The van der Waals surface area contributed by atoms with Crippen LogP contribution >= 0.6 is 23.2 Å². The number of hydrogen-bond donors (Lipinski definition) is 1. The van der Waals surface area contributed by atoms with Gasteiger partial charge in [-0.05, 0) is 19.1 Å². The predicted molar refractivity (Wildman–Crippen MR) is 83.2 cm³/mol. The van der Waals surface area contributed by atoms with Gasteiger partial charge in [0.1, 0.15) is 12.4 Å². The summed E-state index contributed by atoms with van der Waals surface area (Å²) < 4.78 is 5.58. The number of nitrogens with one attached hydrogen (secondary N) is 1. The number of H-pyrrole nitrogens is 1. The Morgan fingerprint density at radius 3 is 2.71 bits per heavy atom. The molecule has 1 amide bonds. The van der Waals surface area contributed by atoms with Crippen molar-refractivity contribution in [3.8, 4) is 5.88 Å². The van der Waals surface area contributed by atoms with Gasteiger partial charge in [-0.15, -0.1) is 0 Å². The normalized spacial score (nSPS) is 10.5. The Morgan fingerprint density at radius 2 is 2.14 bits per heavy atom. The van der Waals surface area contributed by atoms with Gasteiger partial charge >= 0.3 is 0 Å². The number of aromatic amines is 1. The van der Waals surface area contributed by atoms with Crippen molar-refractivity contribution in [1.29, 1.82) is 0 Å². The van der Waals surface area contributed by atoms with Crippen LogP contribution in [0.5, 0.6) is 5.88 Å². The summed E-state index contributed by atoms with van der Waals surface area (Å²) in [5, 5.41) is 0.883. The first-order valence-corrected chi connectivity index (χ1v) is 7.01. The monoisotopic (exact) mass is 327 g/mol. The van der Waals surface area contributed by atoms with E-state index in [1.54, 1.807) is 25.4 Å². The molecule has 0 atom stereocenters. The molecule has 0 aliphatic carbocycles. The molecule has 0 radical (unpaired) electrons. The second-order valence-electron chi connectivity index (χ2n) is 4.56. The highest BCUT2D eigenvalue weighted by Gasteiger charge is 2.16. The lowest BCUT2D eigenvalue weighted by molar-refractivity contribution is -0.116. The highest BCUT2D eigenvalue weighted by atomic mass is 35.5. The number of anilines is 1. The highest BCUT2D eigenvalue weighted by molar-refractivity contribution is 6.38. The van der Waals surface area contributed by atoms with E-state index >= 15 is 0 Å². The van der Waals surface area contributed by atoms with Crippen LogP contribution in [0.1, 0.15) is 18.3 Å². The van der Waals surface area contributed by atoms with Crippen LogP contribution in [0.15, 0.2) is 18.3 Å². The second kappa shape index (κ2) is 6.37. The SMILES string of the molecule is CC(=O)N(C)c1ccc(Cl)c(COc2cnc(C)[nH]2)c1Cl. The number of halogens is 2. The molecular weight excluding hydrogens is 313 g/mol. The summed E-state index contributed by atoms with van der Waals surface area (Å²) >= 11 is 12.5. The number of benzene rings is 1. The summed E-state index contributed by atoms with van der Waals surface area (Å²) in [5.74, 6) is 1.17. The Hall–Kier alpha value is -1.72. The molecule has 0 aliphatic rings. The average molecular weight is 328 g/mol. The van der Waals surface area contributed by atoms with Crippen LogP contribution in [0.2, 0.25) is 10.0 Å². The molecule has 21 heavy (non-hydrogen) atoms. The first-order chi connectivity index (χ1) is 9.90. The molecule has 2 rings (SSSR count). The molecule has 0 unspecified atom stereocenters. The van der Waals surface area contributed by atoms with Gasteiger partial charge in [0, 0.05) is 24.6 Å². The highest BCUT2D eigenvalue weighted by Crippen LogP contribution is 2.34. The number of carbonyl (C=O) groups excluding carboxylic acids is 1. The van der Waals surface area contributed by atoms with Crippen molar-refractivity contribution >= 4 is 34.8 Å². The van der Waals surface area contributed by atoms with Crippen molar-refractivity contribution in [2.24, 2.45) is 0 Å². The largest absolute Gasteiger partial charge is 0.473 e. The third-order valence-electron chi connectivity index (χ3n) is 3.05. The lowest BCUT2D eigenvalue weighted by Crippen LogP contribution is -2.23. The number of aromatic nitrogens is 2. The van der Waals surface area contributed by atoms with Crippen LogP contribution < -0.4 is 9.64 Å². The quantitative estimate of drug-likeness (QED) is 0.933. The number of aryl methyl sites for hydroxylation is 1. The molecule has 1 N–H and O–H groups in total. The summed E-state index contributed by atoms with van der Waals surface area (Å²) in [5.41, 5.74) is 1.21. The Balaban J connectivity index is 2.26. The number of amides is 1. The number of nitrogens with zero attached hydrogens (tertiary/aromatic N) is 2. The summed E-state index contributed by atoms with van der Waals surface area (Å²) in [6.45, 7) is 3.47. The van der Waals surface area contributed by atoms with Crippen molar-refractivity contribution in [2.45, 2.75) is 20.5 Å². The number of rotatable bonds is 4. The van der Waals surface area contributed by atoms with Crippen molar-refractivity contribution in [1.82, 2.24) is 9.97 Å². The third-order valence-corrected chi connectivity index (χ3v) is 3.83. The topological polar surface area (TPSA) is 58.2 Å². The smallest absolute Gasteiger partial charge is 0.223 e. The number of carbonyl (C=O) groups is 1. The van der Waals surface area contributed by atoms with E-state index in [0.717, 1.165) is 5.82 Å². The molecule has 0 spiro atoms. The zero-order valence-electron chi connectivity index (χ0n) is 11.9. The Labute approximate surface area is 132 Å². The maximum atomic E-state index is 11.5. The molecular formula is C14H15Cl2N3O2. The van der Waals surface area contributed by atoms with Gasteiger partial charge in [-0.3, -0.25) is 4.79 Å². The van der Waals surface area contributed by atoms with Gasteiger partial charge in [0.2, 0.25) is 11.8 Å². The lowest BCUT2D eigenvalue weighted by Gasteiger charge is -2.19. The van der Waals surface area contributed by atoms with Gasteiger partial charge < -0.3 is 14.6 Å². The van der Waals surface area contributed by atoms with Crippen LogP contribution in [-0.4, -0.2) is 22.9 Å². The summed E-state index contributed by atoms with van der Waals surface area (Å²) in [6.07, 6.45) is 1.59. The van der Waals surface area contributed by atoms with Gasteiger partial charge in [0.25, 0.3) is 0 Å². The minimum atomic E-state index is -0.115. The van der Waals surface area contributed by atoms with E-state index in [0.29, 0.717) is 27.2 Å². The molecule has 1 heterocycles. The van der Waals surface area contributed by atoms with E-state index in [-0.39, 0.29) is 12.5 Å². The average Bonchev–Trinajstić information content (AvgIpc) is 2.83. The van der Waals surface area contributed by atoms with Crippen molar-refractivity contribution in [3.63, 3.8) is 0 Å². The zero-order valence-corrected chi connectivity index (χ0v) is 13.4. The molecule has 0 saturated carbocycles. The van der Waals surface area contributed by atoms with Crippen LogP contribution in [0.25, 0.3) is 0 Å². The molecule has 112 valence electrons. The van der Waals surface area contributed by atoms with Crippen LogP contribution in [0.3, 0.4) is 0 Å². The Bertz CT molecular complexity index is 670. The van der Waals surface area contributed by atoms with Crippen LogP contribution in [-0.2, 0) is 11.4 Å². The molecule has 1 aromatic heterocycles. The molecule has 7 heteroatoms. The Kier molecular flexibility index (Phi) is 4.75. The molecule has 0 fully saturated rings. The van der Waals surface area contributed by atoms with Crippen molar-refractivity contribution < 1.29 is 9.53 Å². The first-order valence-electron chi connectivity index (χ1n) is 6.25. The second-order valence-corrected chi connectivity index (χ2v) is 5.34. The van der Waals surface area contributed by atoms with E-state index < -0.39 is 0 Å². The lowest BCUT2D eigenvalue weighted by atomic mass is 10.2. The van der Waals surface area contributed by atoms with Gasteiger partial charge in [0.15, 0.2) is 0 Å². The fourth-order valence-corrected chi connectivity index (χ4v) is 2.37. The van der Waals surface area contributed by atoms with E-state index in [4.69, 9.17) is 27.9 Å². The Morgan fingerprint density at radius 1 is 1.43 bits per heavy atom. The summed E-state index contributed by atoms with van der Waals surface area (Å²) in [4.78, 5) is 19.9. The maximum Gasteiger partial charge on any atom is 0.223 e. The minimum Gasteiger partial charge on any atom is -0.473 e. The van der Waals surface area contributed by atoms with Gasteiger partial charge in [-0.2, -0.15) is 0 Å². The molecule has 0 aliphatic heterocycles. The first kappa shape index (κ1) is 15.7. The fraction of sp³-hybridized carbons (Fsp3) is 0.286. The summed E-state index contributed by atoms with van der Waals surface area (Å²) in [6, 6.07) is 3.40. The molecule has 2 aromatic rings. The molecule has 0 saturated heterocycles. The van der Waals surface area contributed by atoms with Gasteiger partial charge in [-0.1, -0.05) is 23.2 Å². The molecule has 1 aromatic carbocycles. The van der Waals surface area contributed by atoms with Crippen molar-refractivity contribution in [3.05, 3.63) is 39.8 Å². The molecule has 0 bridgehead atoms. The van der Waals surface area contributed by atoms with E-state index in [2.05, 4.69) is 9.97 Å². The van der Waals surface area contributed by atoms with Crippen LogP contribution in [0, 0.1) is 6.92 Å². The minimum absolute atomic E-state index is 0.115. The standard InChI is InChI=1S/C14H15Cl2N3O2/c1-8-17-6-13(18-8)21-7-10-11(15)4-5-12(14(10)16)19(3)9(2)20/h4-6H,7H2,1-3H3,(H,17,18). The van der Waals surface area contributed by atoms with Gasteiger partial charge in [0.05, 0.1) is 16.9 Å². The predicted octanol–water partition coefficient (Wildman–Crippen LogP) is 3.59. The van der Waals surface area contributed by atoms with Gasteiger partial charge in [-0.25, -0.2) is 4.98 Å². The number of imidazole rings is 1. The molecule has 5 nitrogen and oxygen atoms in total. The number of ether oxygens (including phenoxy) is 1. The number of hydrogen-bond acceptors (Lipinski definition) is 3.